The number of halogens is 5. The molecular formula is C22H15ClF4N6O2. The van der Waals surface area contributed by atoms with Crippen molar-refractivity contribution in [3.63, 3.8) is 0 Å². The number of carbonyl (C=O) groups excluding carboxylic acids is 1. The minimum Gasteiger partial charge on any atom is -0.439 e. The van der Waals surface area contributed by atoms with E-state index in [1.54, 1.807) is 30.2 Å². The van der Waals surface area contributed by atoms with Crippen LogP contribution in [0.2, 0.25) is 5.02 Å². The number of nitrogens with one attached hydrogen (secondary N) is 2. The Kier molecular flexibility index (Phi) is 6.56. The topological polar surface area (TPSA) is 94.0 Å². The highest BCUT2D eigenvalue weighted by atomic mass is 35.5. The Morgan fingerprint density at radius 2 is 1.89 bits per heavy atom. The second kappa shape index (κ2) is 9.58. The number of nitrogens with zero attached hydrogens (tertiary/aromatic N) is 4. The summed E-state index contributed by atoms with van der Waals surface area (Å²) in [5, 5.41) is 8.00. The molecule has 2 heterocycles. The van der Waals surface area contributed by atoms with Gasteiger partial charge in [-0.2, -0.15) is 18.3 Å². The highest BCUT2D eigenvalue weighted by molar-refractivity contribution is 6.31. The summed E-state index contributed by atoms with van der Waals surface area (Å²) in [4.78, 5) is 20.4. The number of amides is 2. The van der Waals surface area contributed by atoms with Crippen LogP contribution in [0.25, 0.3) is 11.3 Å². The summed E-state index contributed by atoms with van der Waals surface area (Å²) in [5.41, 5.74) is -0.297. The smallest absolute Gasteiger partial charge is 0.417 e. The van der Waals surface area contributed by atoms with Crippen LogP contribution in [0.3, 0.4) is 0 Å². The van der Waals surface area contributed by atoms with Gasteiger partial charge in [-0.3, -0.25) is 4.68 Å². The monoisotopic (exact) mass is 506 g/mol. The zero-order chi connectivity index (χ0) is 25.2. The molecule has 4 rings (SSSR count). The quantitative estimate of drug-likeness (QED) is 0.318. The van der Waals surface area contributed by atoms with E-state index < -0.39 is 28.6 Å². The lowest BCUT2D eigenvalue weighted by Gasteiger charge is -2.13. The molecule has 0 unspecified atom stereocenters. The lowest BCUT2D eigenvalue weighted by atomic mass is 10.2. The Balaban J connectivity index is 1.48. The summed E-state index contributed by atoms with van der Waals surface area (Å²) in [5.74, 6) is -0.497. The van der Waals surface area contributed by atoms with E-state index in [0.29, 0.717) is 11.8 Å². The number of hydrogen-bond acceptors (Lipinski definition) is 5. The zero-order valence-electron chi connectivity index (χ0n) is 17.8. The fraction of sp³-hybridized carbons (Fsp3) is 0.0909. The maximum Gasteiger partial charge on any atom is 0.417 e. The molecule has 0 saturated heterocycles. The van der Waals surface area contributed by atoms with E-state index in [0.717, 1.165) is 17.7 Å². The van der Waals surface area contributed by atoms with Crippen molar-refractivity contribution in [2.24, 2.45) is 7.05 Å². The summed E-state index contributed by atoms with van der Waals surface area (Å²) in [6.45, 7) is 0. The van der Waals surface area contributed by atoms with Crippen LogP contribution in [0.1, 0.15) is 5.56 Å². The molecule has 0 atom stereocenters. The first-order valence-electron chi connectivity index (χ1n) is 9.82. The van der Waals surface area contributed by atoms with Crippen LogP contribution in [0.15, 0.2) is 61.2 Å². The molecule has 0 aliphatic carbocycles. The van der Waals surface area contributed by atoms with Gasteiger partial charge in [0.1, 0.15) is 17.9 Å². The maximum atomic E-state index is 14.3. The molecule has 2 aromatic carbocycles. The molecular weight excluding hydrogens is 492 g/mol. The fourth-order valence-corrected chi connectivity index (χ4v) is 3.22. The number of urea groups is 1. The molecule has 2 amide bonds. The van der Waals surface area contributed by atoms with Crippen molar-refractivity contribution >= 4 is 29.0 Å². The standard InChI is InChI=1S/C22H15ClF4N6O2/c1-33-10-12(9-30-33)18-8-20(29-11-28-18)35-14-3-5-17(24)19(7-14)32-21(34)31-13-2-4-16(23)15(6-13)22(25,26)27/h2-11H,1H3,(H2,31,32,34). The minimum atomic E-state index is -4.71. The Hall–Kier alpha value is -4.19. The minimum absolute atomic E-state index is 0.142. The molecule has 0 aliphatic rings. The summed E-state index contributed by atoms with van der Waals surface area (Å²) >= 11 is 5.57. The SMILES string of the molecule is Cn1cc(-c2cc(Oc3ccc(F)c(NC(=O)Nc4ccc(Cl)c(C(F)(F)F)c4)c3)ncn2)cn1. The summed E-state index contributed by atoms with van der Waals surface area (Å²) in [6.07, 6.45) is -0.0536. The van der Waals surface area contributed by atoms with Crippen LogP contribution >= 0.6 is 11.6 Å². The van der Waals surface area contributed by atoms with Crippen LogP contribution in [0, 0.1) is 5.82 Å². The number of aryl methyl sites for hydroxylation is 1. The first-order valence-corrected chi connectivity index (χ1v) is 10.2. The maximum absolute atomic E-state index is 14.3. The van der Waals surface area contributed by atoms with Gasteiger partial charge in [0.2, 0.25) is 5.88 Å². The highest BCUT2D eigenvalue weighted by Crippen LogP contribution is 2.36. The van der Waals surface area contributed by atoms with Gasteiger partial charge in [-0.05, 0) is 30.3 Å². The average molecular weight is 507 g/mol. The number of benzene rings is 2. The summed E-state index contributed by atoms with van der Waals surface area (Å²) in [6, 6.07) is 7.00. The van der Waals surface area contributed by atoms with E-state index in [1.807, 2.05) is 0 Å². The highest BCUT2D eigenvalue weighted by Gasteiger charge is 2.33. The van der Waals surface area contributed by atoms with Gasteiger partial charge in [-0.15, -0.1) is 0 Å². The molecule has 2 N–H and O–H groups in total. The number of alkyl halides is 3. The van der Waals surface area contributed by atoms with E-state index in [1.165, 1.54) is 24.5 Å². The van der Waals surface area contributed by atoms with Gasteiger partial charge >= 0.3 is 12.2 Å². The second-order valence-electron chi connectivity index (χ2n) is 7.16. The number of rotatable bonds is 5. The molecule has 35 heavy (non-hydrogen) atoms. The number of ether oxygens (including phenoxy) is 1. The Morgan fingerprint density at radius 3 is 2.60 bits per heavy atom. The zero-order valence-corrected chi connectivity index (χ0v) is 18.5. The van der Waals surface area contributed by atoms with Crippen LogP contribution in [-0.2, 0) is 13.2 Å². The van der Waals surface area contributed by atoms with Gasteiger partial charge in [0.15, 0.2) is 0 Å². The fourth-order valence-electron chi connectivity index (χ4n) is 3.00. The van der Waals surface area contributed by atoms with Crippen molar-refractivity contribution in [2.45, 2.75) is 6.18 Å². The van der Waals surface area contributed by atoms with Gasteiger partial charge in [0, 0.05) is 36.6 Å². The van der Waals surface area contributed by atoms with Crippen molar-refractivity contribution in [3.8, 4) is 22.9 Å². The number of anilines is 2. The largest absolute Gasteiger partial charge is 0.439 e. The lowest BCUT2D eigenvalue weighted by Crippen LogP contribution is -2.20. The van der Waals surface area contributed by atoms with Gasteiger partial charge in [0.05, 0.1) is 28.2 Å². The molecule has 0 bridgehead atoms. The Labute approximate surface area is 200 Å². The summed E-state index contributed by atoms with van der Waals surface area (Å²) in [7, 11) is 1.76. The first-order chi connectivity index (χ1) is 16.6. The van der Waals surface area contributed by atoms with E-state index in [9.17, 15) is 22.4 Å². The van der Waals surface area contributed by atoms with E-state index >= 15 is 0 Å². The Bertz CT molecular complexity index is 1390. The van der Waals surface area contributed by atoms with E-state index in [2.05, 4.69) is 25.7 Å². The van der Waals surface area contributed by atoms with Crippen molar-refractivity contribution in [3.05, 3.63) is 77.6 Å². The third-order valence-electron chi connectivity index (χ3n) is 4.58. The van der Waals surface area contributed by atoms with E-state index in [-0.39, 0.29) is 23.0 Å². The number of hydrogen-bond donors (Lipinski definition) is 2. The number of aromatic nitrogens is 4. The molecule has 4 aromatic rings. The Morgan fingerprint density at radius 1 is 1.09 bits per heavy atom. The predicted octanol–water partition coefficient (Wildman–Crippen LogP) is 6.12. The van der Waals surface area contributed by atoms with Crippen molar-refractivity contribution in [1.82, 2.24) is 19.7 Å². The van der Waals surface area contributed by atoms with Gasteiger partial charge in [-0.25, -0.2) is 19.2 Å². The van der Waals surface area contributed by atoms with Crippen molar-refractivity contribution in [2.75, 3.05) is 10.6 Å². The van der Waals surface area contributed by atoms with Crippen LogP contribution < -0.4 is 15.4 Å². The third kappa shape index (κ3) is 5.84. The predicted molar refractivity (Wildman–Crippen MR) is 120 cm³/mol. The molecule has 0 fully saturated rings. The lowest BCUT2D eigenvalue weighted by molar-refractivity contribution is -0.137. The van der Waals surface area contributed by atoms with Crippen molar-refractivity contribution < 1.29 is 27.1 Å². The van der Waals surface area contributed by atoms with Crippen LogP contribution in [0.4, 0.5) is 33.7 Å². The molecule has 2 aromatic heterocycles. The second-order valence-corrected chi connectivity index (χ2v) is 7.57. The summed E-state index contributed by atoms with van der Waals surface area (Å²) < 4.78 is 60.6. The molecule has 8 nitrogen and oxygen atoms in total. The molecule has 0 aliphatic heterocycles. The average Bonchev–Trinajstić information content (AvgIpc) is 3.23. The first kappa shape index (κ1) is 24.0. The van der Waals surface area contributed by atoms with Gasteiger partial charge in [0.25, 0.3) is 0 Å². The van der Waals surface area contributed by atoms with Crippen LogP contribution in [-0.4, -0.2) is 25.8 Å². The molecule has 0 spiro atoms. The van der Waals surface area contributed by atoms with Crippen LogP contribution in [0.5, 0.6) is 11.6 Å². The molecule has 0 saturated carbocycles. The number of carbonyl (C=O) groups is 1. The normalized spacial score (nSPS) is 11.3. The van der Waals surface area contributed by atoms with Gasteiger partial charge in [-0.1, -0.05) is 11.6 Å². The van der Waals surface area contributed by atoms with Crippen molar-refractivity contribution in [1.29, 1.82) is 0 Å². The molecule has 13 heteroatoms. The van der Waals surface area contributed by atoms with E-state index in [4.69, 9.17) is 16.3 Å². The molecule has 180 valence electrons. The van der Waals surface area contributed by atoms with Gasteiger partial charge < -0.3 is 15.4 Å². The molecule has 0 radical (unpaired) electrons. The third-order valence-corrected chi connectivity index (χ3v) is 4.91.